The number of phenols is 2. The van der Waals surface area contributed by atoms with Crippen molar-refractivity contribution in [3.8, 4) is 17.2 Å². The lowest BCUT2D eigenvalue weighted by molar-refractivity contribution is -0.139. The number of fused-ring (bicyclic) bond motifs is 3. The number of ketones is 3. The van der Waals surface area contributed by atoms with Gasteiger partial charge in [0.25, 0.3) is 0 Å². The quantitative estimate of drug-likeness (QED) is 0.469. The maximum absolute atomic E-state index is 13.3. The summed E-state index contributed by atoms with van der Waals surface area (Å²) in [4.78, 5) is 38.4. The number of rotatable bonds is 2. The van der Waals surface area contributed by atoms with Gasteiger partial charge in [-0.2, -0.15) is 0 Å². The van der Waals surface area contributed by atoms with E-state index in [1.54, 1.807) is 0 Å². The molecule has 2 aromatic carbocycles. The summed E-state index contributed by atoms with van der Waals surface area (Å²) in [5.41, 5.74) is -4.38. The van der Waals surface area contributed by atoms with Crippen LogP contribution in [0.25, 0.3) is 0 Å². The molecule has 2 aliphatic carbocycles. The molecular weight excluding hydrogens is 380 g/mol. The summed E-state index contributed by atoms with van der Waals surface area (Å²) in [6, 6.07) is 3.71. The lowest BCUT2D eigenvalue weighted by Crippen LogP contribution is -2.44. The van der Waals surface area contributed by atoms with Crippen LogP contribution in [0.3, 0.4) is 0 Å². The Kier molecular flexibility index (Phi) is 3.31. The first-order valence-electron chi connectivity index (χ1n) is 10.2. The Balaban J connectivity index is 1.99. The minimum Gasteiger partial charge on any atom is -0.507 e. The third-order valence-corrected chi connectivity index (χ3v) is 5.64. The molecule has 150 valence electrons. The van der Waals surface area contributed by atoms with E-state index in [0.29, 0.717) is 0 Å². The van der Waals surface area contributed by atoms with E-state index in [-0.39, 0.29) is 16.7 Å². The molecule has 0 spiro atoms. The van der Waals surface area contributed by atoms with E-state index in [9.17, 15) is 34.8 Å². The Labute approximate surface area is 169 Å². The molecule has 0 saturated carbocycles. The first-order chi connectivity index (χ1) is 14.8. The Morgan fingerprint density at radius 2 is 1.86 bits per heavy atom. The molecular formula is C21H18O8. The standard InChI is InChI=1S/C21H18O8/c1-8(22)21(28)6-10-13(11(23)7-21)19(26)16-15(18(10)25)17(24)9-4-3-5-12(29-2)14(9)20(16)27/h3-5,11,23,25-26,28H,6-7H2,1-2H3/t11-,21-/m0/s1/i2D3. The van der Waals surface area contributed by atoms with E-state index in [1.807, 2.05) is 0 Å². The van der Waals surface area contributed by atoms with Crippen LogP contribution in [-0.2, 0) is 11.2 Å². The summed E-state index contributed by atoms with van der Waals surface area (Å²) < 4.78 is 26.7. The van der Waals surface area contributed by atoms with Crippen LogP contribution in [0, 0.1) is 0 Å². The van der Waals surface area contributed by atoms with Gasteiger partial charge in [-0.15, -0.1) is 0 Å². The second-order valence-corrected chi connectivity index (χ2v) is 7.26. The molecule has 0 aliphatic heterocycles. The molecule has 8 nitrogen and oxygen atoms in total. The van der Waals surface area contributed by atoms with Crippen molar-refractivity contribution in [2.24, 2.45) is 0 Å². The Hall–Kier alpha value is -3.23. The molecule has 0 bridgehead atoms. The molecule has 0 saturated heterocycles. The topological polar surface area (TPSA) is 141 Å². The molecule has 2 aromatic rings. The van der Waals surface area contributed by atoms with Crippen molar-refractivity contribution in [3.63, 3.8) is 0 Å². The summed E-state index contributed by atoms with van der Waals surface area (Å²) in [7, 11) is -2.92. The third kappa shape index (κ3) is 2.43. The van der Waals surface area contributed by atoms with Crippen molar-refractivity contribution in [1.82, 2.24) is 0 Å². The first-order valence-corrected chi connectivity index (χ1v) is 8.70. The van der Waals surface area contributed by atoms with Gasteiger partial charge in [0, 0.05) is 29.5 Å². The summed E-state index contributed by atoms with van der Waals surface area (Å²) in [6.45, 7) is 1.10. The number of aliphatic hydroxyl groups excluding tert-OH is 1. The number of Topliss-reactive ketones (excluding diaryl/α,β-unsaturated/α-hetero) is 1. The van der Waals surface area contributed by atoms with Crippen molar-refractivity contribution < 1.29 is 43.7 Å². The molecule has 0 fully saturated rings. The summed E-state index contributed by atoms with van der Waals surface area (Å²) >= 11 is 0. The molecule has 0 heterocycles. The smallest absolute Gasteiger partial charge is 0.202 e. The van der Waals surface area contributed by atoms with Gasteiger partial charge in [0.15, 0.2) is 11.6 Å². The fourth-order valence-corrected chi connectivity index (χ4v) is 4.13. The fourth-order valence-electron chi connectivity index (χ4n) is 4.13. The monoisotopic (exact) mass is 401 g/mol. The van der Waals surface area contributed by atoms with E-state index in [0.717, 1.165) is 6.92 Å². The maximum atomic E-state index is 13.3. The molecule has 2 aliphatic rings. The highest BCUT2D eigenvalue weighted by Crippen LogP contribution is 2.50. The molecule has 8 heteroatoms. The number of phenolic OH excluding ortho intramolecular Hbond substituents is 2. The number of benzene rings is 2. The number of methoxy groups -OCH3 is 1. The maximum Gasteiger partial charge on any atom is 0.202 e. The number of hydrogen-bond donors (Lipinski definition) is 4. The number of aliphatic hydroxyl groups is 2. The van der Waals surface area contributed by atoms with Crippen LogP contribution in [0.5, 0.6) is 17.2 Å². The second-order valence-electron chi connectivity index (χ2n) is 7.26. The average Bonchev–Trinajstić information content (AvgIpc) is 2.66. The van der Waals surface area contributed by atoms with Gasteiger partial charge < -0.3 is 25.2 Å². The van der Waals surface area contributed by atoms with E-state index < -0.39 is 82.9 Å². The zero-order valence-corrected chi connectivity index (χ0v) is 15.1. The Bertz CT molecular complexity index is 1220. The van der Waals surface area contributed by atoms with Crippen LogP contribution in [0.1, 0.15) is 66.5 Å². The fraction of sp³-hybridized carbons (Fsp3) is 0.286. The molecule has 0 amide bonds. The molecule has 0 unspecified atom stereocenters. The van der Waals surface area contributed by atoms with E-state index in [2.05, 4.69) is 0 Å². The molecule has 4 N–H and O–H groups in total. The highest BCUT2D eigenvalue weighted by atomic mass is 16.5. The number of carbonyl (C=O) groups is 3. The van der Waals surface area contributed by atoms with Crippen molar-refractivity contribution in [1.29, 1.82) is 0 Å². The van der Waals surface area contributed by atoms with Gasteiger partial charge in [0.05, 0.1) is 33.9 Å². The number of aromatic hydroxyl groups is 2. The number of carbonyl (C=O) groups excluding carboxylic acids is 3. The predicted octanol–water partition coefficient (Wildman–Crippen LogP) is 1.18. The van der Waals surface area contributed by atoms with Crippen molar-refractivity contribution >= 4 is 17.3 Å². The number of hydrogen-bond acceptors (Lipinski definition) is 8. The average molecular weight is 401 g/mol. The predicted molar refractivity (Wildman–Crippen MR) is 98.5 cm³/mol. The molecule has 4 rings (SSSR count). The largest absolute Gasteiger partial charge is 0.507 e. The van der Waals surface area contributed by atoms with Crippen LogP contribution in [-0.4, -0.2) is 50.4 Å². The van der Waals surface area contributed by atoms with Gasteiger partial charge in [-0.05, 0) is 13.0 Å². The van der Waals surface area contributed by atoms with Gasteiger partial charge in [0.2, 0.25) is 5.78 Å². The highest BCUT2D eigenvalue weighted by Gasteiger charge is 2.47. The third-order valence-electron chi connectivity index (χ3n) is 5.64. The Morgan fingerprint density at radius 3 is 2.52 bits per heavy atom. The van der Waals surface area contributed by atoms with Crippen LogP contribution in [0.2, 0.25) is 0 Å². The minimum atomic E-state index is -2.92. The van der Waals surface area contributed by atoms with Crippen LogP contribution in [0.15, 0.2) is 18.2 Å². The van der Waals surface area contributed by atoms with E-state index >= 15 is 0 Å². The van der Waals surface area contributed by atoms with Crippen LogP contribution in [0.4, 0.5) is 0 Å². The lowest BCUT2D eigenvalue weighted by atomic mass is 9.72. The Morgan fingerprint density at radius 1 is 1.17 bits per heavy atom. The summed E-state index contributed by atoms with van der Waals surface area (Å²) in [6.07, 6.45) is -2.60. The van der Waals surface area contributed by atoms with Crippen LogP contribution >= 0.6 is 0 Å². The van der Waals surface area contributed by atoms with Gasteiger partial charge in [-0.25, -0.2) is 0 Å². The normalized spacial score (nSPS) is 24.5. The number of ether oxygens (including phenoxy) is 1. The van der Waals surface area contributed by atoms with E-state index in [1.165, 1.54) is 18.2 Å². The van der Waals surface area contributed by atoms with Gasteiger partial charge in [-0.3, -0.25) is 14.4 Å². The van der Waals surface area contributed by atoms with Gasteiger partial charge in [-0.1, -0.05) is 12.1 Å². The lowest BCUT2D eigenvalue weighted by Gasteiger charge is -2.36. The first kappa shape index (κ1) is 15.7. The van der Waals surface area contributed by atoms with Gasteiger partial charge in [0.1, 0.15) is 22.8 Å². The minimum absolute atomic E-state index is 0.225. The van der Waals surface area contributed by atoms with Crippen LogP contribution < -0.4 is 4.74 Å². The molecule has 29 heavy (non-hydrogen) atoms. The molecule has 0 radical (unpaired) electrons. The van der Waals surface area contributed by atoms with Crippen molar-refractivity contribution in [3.05, 3.63) is 51.6 Å². The van der Waals surface area contributed by atoms with Crippen molar-refractivity contribution in [2.45, 2.75) is 31.5 Å². The molecule has 0 aromatic heterocycles. The summed E-state index contributed by atoms with van der Waals surface area (Å²) in [5.74, 6) is -4.51. The highest BCUT2D eigenvalue weighted by molar-refractivity contribution is 6.31. The SMILES string of the molecule is [2H]C([2H])([2H])Oc1cccc2c1C(=O)c1c(O)c3c(c(O)c1C2=O)C[C@@](O)(C(C)=O)C[C@@H]3O. The zero-order valence-electron chi connectivity index (χ0n) is 18.1. The molecule has 2 atom stereocenters. The van der Waals surface area contributed by atoms with E-state index in [4.69, 9.17) is 8.85 Å². The zero-order chi connectivity index (χ0) is 23.7. The van der Waals surface area contributed by atoms with Gasteiger partial charge >= 0.3 is 0 Å². The second kappa shape index (κ2) is 6.13. The van der Waals surface area contributed by atoms with Crippen molar-refractivity contribution in [2.75, 3.05) is 7.04 Å². The summed E-state index contributed by atoms with van der Waals surface area (Å²) in [5, 5.41) is 42.8.